The molecule has 0 bridgehead atoms. The zero-order valence-corrected chi connectivity index (χ0v) is 21.8. The first-order valence-electron chi connectivity index (χ1n) is 12.5. The van der Waals surface area contributed by atoms with Crippen molar-refractivity contribution in [2.24, 2.45) is 17.3 Å². The molecule has 3 heterocycles. The molecule has 2 N–H and O–H groups in total. The zero-order valence-electron chi connectivity index (χ0n) is 20.3. The average molecular weight is 518 g/mol. The zero-order chi connectivity index (χ0) is 24.7. The largest absolute Gasteiger partial charge is 0.481 e. The summed E-state index contributed by atoms with van der Waals surface area (Å²) in [6.07, 6.45) is 5.63. The second-order valence-corrected chi connectivity index (χ2v) is 11.6. The van der Waals surface area contributed by atoms with Crippen LogP contribution in [0.15, 0.2) is 24.4 Å². The Bertz CT molecular complexity index is 1100. The van der Waals surface area contributed by atoms with Crippen LogP contribution in [0.3, 0.4) is 0 Å². The summed E-state index contributed by atoms with van der Waals surface area (Å²) in [7, 11) is 0. The third-order valence-corrected chi connectivity index (χ3v) is 8.77. The molecular formula is C26H33Cl2N5O2. The predicted octanol–water partition coefficient (Wildman–Crippen LogP) is 5.11. The number of carboxylic acids is 1. The number of halogens is 2. The van der Waals surface area contributed by atoms with Gasteiger partial charge in [-0.3, -0.25) is 4.79 Å². The second kappa shape index (κ2) is 9.75. The average Bonchev–Trinajstić information content (AvgIpc) is 2.77. The number of rotatable bonds is 7. The number of carbonyl (C=O) groups is 1. The summed E-state index contributed by atoms with van der Waals surface area (Å²) in [4.78, 5) is 25.4. The van der Waals surface area contributed by atoms with Gasteiger partial charge >= 0.3 is 5.97 Å². The monoisotopic (exact) mass is 517 g/mol. The van der Waals surface area contributed by atoms with E-state index in [1.807, 2.05) is 32.0 Å². The van der Waals surface area contributed by atoms with Crippen molar-refractivity contribution in [2.75, 3.05) is 36.4 Å². The molecule has 1 aromatic heterocycles. The fourth-order valence-electron chi connectivity index (χ4n) is 5.75. The molecule has 3 aliphatic rings. The van der Waals surface area contributed by atoms with Crippen LogP contribution in [0.5, 0.6) is 0 Å². The lowest BCUT2D eigenvalue weighted by molar-refractivity contribution is -0.158. The molecule has 2 saturated heterocycles. The van der Waals surface area contributed by atoms with Crippen molar-refractivity contribution in [1.82, 2.24) is 14.9 Å². The Labute approximate surface area is 216 Å². The number of nitrogens with zero attached hydrogens (tertiary/aromatic N) is 4. The van der Waals surface area contributed by atoms with Crippen LogP contribution in [-0.2, 0) is 11.3 Å². The second-order valence-electron chi connectivity index (χ2n) is 10.8. The fourth-order valence-corrected chi connectivity index (χ4v) is 6.21. The van der Waals surface area contributed by atoms with Gasteiger partial charge in [0.05, 0.1) is 11.6 Å². The summed E-state index contributed by atoms with van der Waals surface area (Å²) in [6, 6.07) is 6.43. The number of nitrogens with one attached hydrogen (secondary N) is 1. The van der Waals surface area contributed by atoms with Crippen LogP contribution in [0.25, 0.3) is 0 Å². The number of aliphatic carboxylic acids is 1. The van der Waals surface area contributed by atoms with Crippen LogP contribution in [-0.4, -0.2) is 58.2 Å². The van der Waals surface area contributed by atoms with Crippen molar-refractivity contribution in [3.8, 4) is 0 Å². The SMILES string of the molecule is Cc1ccc(CNc2nc(N3CC([C@H]4CCCN(C5CC(C)(C(=O)O)C5)C4)C3)ncc2Cl)c(Cl)c1. The van der Waals surface area contributed by atoms with Crippen molar-refractivity contribution in [3.05, 3.63) is 45.6 Å². The highest BCUT2D eigenvalue weighted by Crippen LogP contribution is 2.45. The first-order valence-corrected chi connectivity index (χ1v) is 13.2. The molecular weight excluding hydrogens is 485 g/mol. The van der Waals surface area contributed by atoms with Gasteiger partial charge < -0.3 is 20.2 Å². The minimum absolute atomic E-state index is 0.422. The van der Waals surface area contributed by atoms with E-state index in [2.05, 4.69) is 20.1 Å². The van der Waals surface area contributed by atoms with E-state index in [1.165, 1.54) is 12.8 Å². The molecule has 0 spiro atoms. The lowest BCUT2D eigenvalue weighted by Crippen LogP contribution is -2.58. The number of likely N-dealkylation sites (tertiary alicyclic amines) is 1. The topological polar surface area (TPSA) is 81.6 Å². The Morgan fingerprint density at radius 3 is 2.69 bits per heavy atom. The molecule has 2 aromatic rings. The van der Waals surface area contributed by atoms with Crippen LogP contribution >= 0.6 is 23.2 Å². The highest BCUT2D eigenvalue weighted by atomic mass is 35.5. The Balaban J connectivity index is 1.15. The standard InChI is InChI=1S/C26H33Cl2N5O2/c1-16-5-6-17(21(27)8-16)11-29-23-22(28)12-30-25(31-23)33-14-19(15-33)18-4-3-7-32(13-18)20-9-26(2,10-20)24(34)35/h5-6,8,12,18-20H,3-4,7,9-11,13-15H2,1-2H3,(H,34,35)(H,29,30,31)/t18-,20?,26?/m0/s1. The summed E-state index contributed by atoms with van der Waals surface area (Å²) in [5, 5.41) is 14.0. The normalized spacial score (nSPS) is 27.3. The van der Waals surface area contributed by atoms with Crippen LogP contribution in [0.1, 0.15) is 43.7 Å². The lowest BCUT2D eigenvalue weighted by Gasteiger charge is -2.52. The van der Waals surface area contributed by atoms with E-state index in [9.17, 15) is 9.90 Å². The minimum Gasteiger partial charge on any atom is -0.481 e. The number of carboxylic acid groups (broad SMARTS) is 1. The molecule has 1 aliphatic carbocycles. The number of piperidine rings is 1. The highest BCUT2D eigenvalue weighted by molar-refractivity contribution is 6.33. The van der Waals surface area contributed by atoms with E-state index in [-0.39, 0.29) is 0 Å². The molecule has 7 nitrogen and oxygen atoms in total. The third-order valence-electron chi connectivity index (χ3n) is 8.14. The van der Waals surface area contributed by atoms with E-state index >= 15 is 0 Å². The van der Waals surface area contributed by atoms with E-state index in [1.54, 1.807) is 6.20 Å². The number of anilines is 2. The Morgan fingerprint density at radius 2 is 1.97 bits per heavy atom. The maximum atomic E-state index is 11.5. The Morgan fingerprint density at radius 1 is 1.20 bits per heavy atom. The van der Waals surface area contributed by atoms with Crippen LogP contribution < -0.4 is 10.2 Å². The van der Waals surface area contributed by atoms with Crippen molar-refractivity contribution in [2.45, 2.75) is 52.1 Å². The molecule has 0 radical (unpaired) electrons. The van der Waals surface area contributed by atoms with E-state index in [4.69, 9.17) is 28.2 Å². The number of hydrogen-bond donors (Lipinski definition) is 2. The molecule has 3 fully saturated rings. The maximum Gasteiger partial charge on any atom is 0.309 e. The maximum absolute atomic E-state index is 11.5. The van der Waals surface area contributed by atoms with E-state index < -0.39 is 11.4 Å². The van der Waals surface area contributed by atoms with Gasteiger partial charge in [-0.1, -0.05) is 35.3 Å². The van der Waals surface area contributed by atoms with Crippen LogP contribution in [0, 0.1) is 24.2 Å². The Kier molecular flexibility index (Phi) is 6.85. The van der Waals surface area contributed by atoms with Crippen molar-refractivity contribution >= 4 is 40.9 Å². The van der Waals surface area contributed by atoms with Crippen molar-refractivity contribution in [1.29, 1.82) is 0 Å². The van der Waals surface area contributed by atoms with E-state index in [0.29, 0.717) is 41.2 Å². The third kappa shape index (κ3) is 5.09. The first kappa shape index (κ1) is 24.6. The molecule has 0 amide bonds. The summed E-state index contributed by atoms with van der Waals surface area (Å²) >= 11 is 12.7. The molecule has 9 heteroatoms. The van der Waals surface area contributed by atoms with Gasteiger partial charge in [0.15, 0.2) is 5.82 Å². The van der Waals surface area contributed by atoms with Gasteiger partial charge in [0, 0.05) is 37.2 Å². The lowest BCUT2D eigenvalue weighted by atomic mass is 9.65. The van der Waals surface area contributed by atoms with Gasteiger partial charge in [-0.15, -0.1) is 0 Å². The molecule has 188 valence electrons. The molecule has 1 atom stereocenters. The van der Waals surface area contributed by atoms with Crippen LogP contribution in [0.4, 0.5) is 11.8 Å². The van der Waals surface area contributed by atoms with Gasteiger partial charge in [-0.05, 0) is 75.1 Å². The number of aromatic nitrogens is 2. The molecule has 1 aromatic carbocycles. The van der Waals surface area contributed by atoms with Crippen molar-refractivity contribution in [3.63, 3.8) is 0 Å². The quantitative estimate of drug-likeness (QED) is 0.528. The van der Waals surface area contributed by atoms with Gasteiger partial charge in [0.1, 0.15) is 5.02 Å². The minimum atomic E-state index is -0.657. The number of benzene rings is 1. The molecule has 0 unspecified atom stereocenters. The van der Waals surface area contributed by atoms with Crippen LogP contribution in [0.2, 0.25) is 10.0 Å². The van der Waals surface area contributed by atoms with Gasteiger partial charge in [0.2, 0.25) is 5.95 Å². The number of aryl methyl sites for hydroxylation is 1. The Hall–Kier alpha value is -2.09. The molecule has 35 heavy (non-hydrogen) atoms. The van der Waals surface area contributed by atoms with Gasteiger partial charge in [-0.25, -0.2) is 4.98 Å². The molecule has 5 rings (SSSR count). The van der Waals surface area contributed by atoms with E-state index in [0.717, 1.165) is 55.2 Å². The molecule has 1 saturated carbocycles. The first-order chi connectivity index (χ1) is 16.7. The summed E-state index contributed by atoms with van der Waals surface area (Å²) in [5.41, 5.74) is 1.59. The number of hydrogen-bond acceptors (Lipinski definition) is 6. The predicted molar refractivity (Wildman–Crippen MR) is 139 cm³/mol. The summed E-state index contributed by atoms with van der Waals surface area (Å²) in [6.45, 7) is 8.49. The smallest absolute Gasteiger partial charge is 0.309 e. The summed E-state index contributed by atoms with van der Waals surface area (Å²) in [5.74, 6) is 1.92. The van der Waals surface area contributed by atoms with Crippen molar-refractivity contribution < 1.29 is 9.90 Å². The van der Waals surface area contributed by atoms with Gasteiger partial charge in [-0.2, -0.15) is 4.98 Å². The highest BCUT2D eigenvalue weighted by Gasteiger charge is 2.49. The molecule has 2 aliphatic heterocycles. The van der Waals surface area contributed by atoms with Gasteiger partial charge in [0.25, 0.3) is 0 Å². The fraction of sp³-hybridized carbons (Fsp3) is 0.577. The summed E-state index contributed by atoms with van der Waals surface area (Å²) < 4.78 is 0.